The molecule has 1 saturated carbocycles. The van der Waals surface area contributed by atoms with Gasteiger partial charge in [0.1, 0.15) is 0 Å². The summed E-state index contributed by atoms with van der Waals surface area (Å²) in [5.74, 6) is 0.613. The fourth-order valence-electron chi connectivity index (χ4n) is 2.20. The molecule has 1 aliphatic heterocycles. The molecular weight excluding hydrogens is 376 g/mol. The normalized spacial score (nSPS) is 17.5. The predicted molar refractivity (Wildman–Crippen MR) is 123 cm³/mol. The molecule has 0 N–H and O–H groups in total. The predicted octanol–water partition coefficient (Wildman–Crippen LogP) is 6.82. The lowest BCUT2D eigenvalue weighted by Crippen LogP contribution is -2.03. The number of allylic oxidation sites excluding steroid dienone is 7. The van der Waals surface area contributed by atoms with Crippen molar-refractivity contribution in [2.24, 2.45) is 15.9 Å². The Labute approximate surface area is 173 Å². The highest BCUT2D eigenvalue weighted by atomic mass is 35.5. The second-order valence-electron chi connectivity index (χ2n) is 5.99. The van der Waals surface area contributed by atoms with Crippen molar-refractivity contribution in [3.8, 4) is 0 Å². The zero-order valence-electron chi connectivity index (χ0n) is 16.5. The number of ether oxygens (including phenoxy) is 1. The van der Waals surface area contributed by atoms with E-state index in [1.165, 1.54) is 12.8 Å². The number of rotatable bonds is 7. The van der Waals surface area contributed by atoms with Crippen molar-refractivity contribution >= 4 is 35.6 Å². The van der Waals surface area contributed by atoms with E-state index in [9.17, 15) is 0 Å². The fraction of sp³-hybridized carbons (Fsp3) is 0.364. The van der Waals surface area contributed by atoms with Crippen molar-refractivity contribution in [2.45, 2.75) is 33.1 Å². The third kappa shape index (κ3) is 8.63. The van der Waals surface area contributed by atoms with Gasteiger partial charge in [0.05, 0.1) is 7.11 Å². The second kappa shape index (κ2) is 12.6. The van der Waals surface area contributed by atoms with Gasteiger partial charge >= 0.3 is 6.02 Å². The van der Waals surface area contributed by atoms with Crippen molar-refractivity contribution < 1.29 is 4.74 Å². The quantitative estimate of drug-likeness (QED) is 0.436. The monoisotopic (exact) mass is 404 g/mol. The van der Waals surface area contributed by atoms with Crippen LogP contribution in [0.3, 0.4) is 0 Å². The van der Waals surface area contributed by atoms with Gasteiger partial charge in [-0.3, -0.25) is 0 Å². The van der Waals surface area contributed by atoms with E-state index < -0.39 is 0 Å². The molecule has 0 amide bonds. The summed E-state index contributed by atoms with van der Waals surface area (Å²) in [5, 5.41) is 0.797. The third-order valence-electron chi connectivity index (χ3n) is 3.83. The molecule has 0 atom stereocenters. The summed E-state index contributed by atoms with van der Waals surface area (Å²) in [7, 11) is 1.57. The van der Waals surface area contributed by atoms with E-state index in [0.29, 0.717) is 11.9 Å². The van der Waals surface area contributed by atoms with E-state index >= 15 is 0 Å². The van der Waals surface area contributed by atoms with Crippen LogP contribution in [-0.4, -0.2) is 25.9 Å². The molecule has 0 saturated heterocycles. The molecule has 146 valence electrons. The molecule has 2 aliphatic rings. The summed E-state index contributed by atoms with van der Waals surface area (Å²) in [6, 6.07) is 0.497. The molecule has 0 unspecified atom stereocenters. The summed E-state index contributed by atoms with van der Waals surface area (Å²) in [6.45, 7) is 16.7. The summed E-state index contributed by atoms with van der Waals surface area (Å²) in [4.78, 5) is 9.85. The number of hydrogen-bond donors (Lipinski definition) is 0. The maximum Gasteiger partial charge on any atom is 0.310 e. The molecule has 0 spiro atoms. The zero-order chi connectivity index (χ0) is 20.2. The molecule has 0 aromatic rings. The van der Waals surface area contributed by atoms with Crippen LogP contribution in [0, 0.1) is 5.92 Å². The van der Waals surface area contributed by atoms with Gasteiger partial charge in [-0.2, -0.15) is 0 Å². The van der Waals surface area contributed by atoms with Crippen LogP contribution >= 0.6 is 23.4 Å². The molecule has 0 aromatic heterocycles. The molecule has 0 radical (unpaired) electrons. The van der Waals surface area contributed by atoms with Gasteiger partial charge in [-0.15, -0.1) is 0 Å². The Balaban J connectivity index is 0.000000377. The van der Waals surface area contributed by atoms with Gasteiger partial charge in [-0.05, 0) is 43.8 Å². The highest BCUT2D eigenvalue weighted by Crippen LogP contribution is 2.46. The first-order chi connectivity index (χ1) is 12.9. The minimum absolute atomic E-state index is 0.497. The molecule has 1 aliphatic carbocycles. The summed E-state index contributed by atoms with van der Waals surface area (Å²) in [5.41, 5.74) is 2.24. The van der Waals surface area contributed by atoms with Crippen molar-refractivity contribution in [1.82, 2.24) is 0 Å². The second-order valence-corrected chi connectivity index (χ2v) is 7.67. The van der Waals surface area contributed by atoms with Gasteiger partial charge in [0, 0.05) is 34.0 Å². The number of halogens is 1. The Morgan fingerprint density at radius 3 is 2.48 bits per heavy atom. The van der Waals surface area contributed by atoms with Gasteiger partial charge in [-0.1, -0.05) is 67.4 Å². The average molecular weight is 405 g/mol. The lowest BCUT2D eigenvalue weighted by molar-refractivity contribution is 0.394. The Bertz CT molecular complexity index is 706. The van der Waals surface area contributed by atoms with Crippen LogP contribution in [0.4, 0.5) is 0 Å². The SMILES string of the molecule is C=C/C=C\C(=C/C)C(=C)S/C(C(=C)C1CC1)=C(\C)Cl.COC1=NCCC=N1. The Morgan fingerprint density at radius 1 is 1.37 bits per heavy atom. The van der Waals surface area contributed by atoms with Gasteiger partial charge in [0.15, 0.2) is 0 Å². The van der Waals surface area contributed by atoms with E-state index in [0.717, 1.165) is 39.0 Å². The van der Waals surface area contributed by atoms with Gasteiger partial charge in [-0.25, -0.2) is 9.98 Å². The third-order valence-corrected chi connectivity index (χ3v) is 5.39. The van der Waals surface area contributed by atoms with E-state index in [4.69, 9.17) is 16.3 Å². The van der Waals surface area contributed by atoms with Crippen molar-refractivity contribution in [2.75, 3.05) is 13.7 Å². The Morgan fingerprint density at radius 2 is 2.07 bits per heavy atom. The molecule has 2 rings (SSSR count). The Hall–Kier alpha value is -1.78. The molecule has 0 aromatic carbocycles. The number of hydrogen-bond acceptors (Lipinski definition) is 4. The van der Waals surface area contributed by atoms with Crippen LogP contribution in [0.25, 0.3) is 0 Å². The molecule has 5 heteroatoms. The maximum atomic E-state index is 6.21. The number of amidine groups is 1. The zero-order valence-corrected chi connectivity index (χ0v) is 18.1. The van der Waals surface area contributed by atoms with E-state index in [-0.39, 0.29) is 0 Å². The van der Waals surface area contributed by atoms with Gasteiger partial charge in [0.2, 0.25) is 0 Å². The topological polar surface area (TPSA) is 34.0 Å². The van der Waals surface area contributed by atoms with E-state index in [1.54, 1.807) is 24.9 Å². The van der Waals surface area contributed by atoms with Crippen molar-refractivity contribution in [1.29, 1.82) is 0 Å². The molecule has 27 heavy (non-hydrogen) atoms. The van der Waals surface area contributed by atoms with Crippen LogP contribution in [-0.2, 0) is 4.74 Å². The van der Waals surface area contributed by atoms with Crippen molar-refractivity contribution in [3.05, 3.63) is 70.0 Å². The molecule has 0 bridgehead atoms. The average Bonchev–Trinajstić information content (AvgIpc) is 3.52. The van der Waals surface area contributed by atoms with Crippen LogP contribution in [0.15, 0.2) is 80.0 Å². The van der Waals surface area contributed by atoms with Crippen LogP contribution < -0.4 is 0 Å². The Kier molecular flexibility index (Phi) is 10.8. The number of methoxy groups -OCH3 is 1. The largest absolute Gasteiger partial charge is 0.467 e. The van der Waals surface area contributed by atoms with Crippen molar-refractivity contribution in [3.63, 3.8) is 0 Å². The van der Waals surface area contributed by atoms with Crippen LogP contribution in [0.5, 0.6) is 0 Å². The maximum absolute atomic E-state index is 6.21. The molecule has 3 nitrogen and oxygen atoms in total. The highest BCUT2D eigenvalue weighted by molar-refractivity contribution is 8.07. The molecular formula is C22H29ClN2OS. The molecule has 1 heterocycles. The first-order valence-corrected chi connectivity index (χ1v) is 10.1. The molecule has 1 fully saturated rings. The first kappa shape index (κ1) is 23.3. The minimum atomic E-state index is 0.497. The minimum Gasteiger partial charge on any atom is -0.467 e. The smallest absolute Gasteiger partial charge is 0.310 e. The van der Waals surface area contributed by atoms with Crippen LogP contribution in [0.2, 0.25) is 0 Å². The number of nitrogens with zero attached hydrogens (tertiary/aromatic N) is 2. The van der Waals surface area contributed by atoms with Gasteiger partial charge in [0.25, 0.3) is 0 Å². The van der Waals surface area contributed by atoms with E-state index in [2.05, 4.69) is 29.7 Å². The number of thioether (sulfide) groups is 1. The lowest BCUT2D eigenvalue weighted by Gasteiger charge is -2.13. The summed E-state index contributed by atoms with van der Waals surface area (Å²) >= 11 is 7.82. The van der Waals surface area contributed by atoms with Crippen LogP contribution in [0.1, 0.15) is 33.1 Å². The number of aliphatic imine (C=N–C) groups is 2. The van der Waals surface area contributed by atoms with E-state index in [1.807, 2.05) is 38.3 Å². The summed E-state index contributed by atoms with van der Waals surface area (Å²) in [6.07, 6.45) is 12.9. The summed E-state index contributed by atoms with van der Waals surface area (Å²) < 4.78 is 4.74. The highest BCUT2D eigenvalue weighted by Gasteiger charge is 2.28. The fourth-order valence-corrected chi connectivity index (χ4v) is 3.42. The standard InChI is InChI=1S/C17H21ClS.C5H8N2O/c1-6-8-9-15(7-2)14(5)19-17(13(4)18)12(3)16-10-11-16;1-8-5-6-3-2-4-7-5/h6-9,16H,1,3,5,10-11H2,2,4H3;3H,2,4H2,1H3/b9-8-,15-7+,17-13+;. The van der Waals surface area contributed by atoms with Gasteiger partial charge < -0.3 is 4.74 Å². The lowest BCUT2D eigenvalue weighted by atomic mass is 10.2. The first-order valence-electron chi connectivity index (χ1n) is 8.93.